The van der Waals surface area contributed by atoms with E-state index in [2.05, 4.69) is 5.10 Å². The molecule has 1 aromatic heterocycles. The molecule has 0 radical (unpaired) electrons. The van der Waals surface area contributed by atoms with Crippen molar-refractivity contribution in [3.8, 4) is 0 Å². The molecule has 1 aromatic rings. The van der Waals surface area contributed by atoms with E-state index in [-0.39, 0.29) is 12.4 Å². The van der Waals surface area contributed by atoms with Crippen LogP contribution in [0.3, 0.4) is 0 Å². The fourth-order valence-electron chi connectivity index (χ4n) is 1.40. The number of Topliss-reactive ketones (excluding diaryl/α,β-unsaturated/α-hetero) is 1. The number of ketones is 1. The Morgan fingerprint density at radius 1 is 1.50 bits per heavy atom. The van der Waals surface area contributed by atoms with E-state index in [1.807, 2.05) is 13.8 Å². The number of nitrogens with zero attached hydrogens (tertiary/aromatic N) is 2. The van der Waals surface area contributed by atoms with Crippen molar-refractivity contribution in [2.75, 3.05) is 13.2 Å². The molecule has 0 aromatic carbocycles. The van der Waals surface area contributed by atoms with Gasteiger partial charge in [0.05, 0.1) is 11.2 Å². The molecule has 0 aliphatic heterocycles. The lowest BCUT2D eigenvalue weighted by molar-refractivity contribution is 0.0750. The van der Waals surface area contributed by atoms with Crippen LogP contribution >= 0.6 is 11.6 Å². The Morgan fingerprint density at radius 3 is 2.88 bits per heavy atom. The minimum Gasteiger partial charge on any atom is -0.373 e. The molecule has 16 heavy (non-hydrogen) atoms. The smallest absolute Gasteiger partial charge is 0.207 e. The van der Waals surface area contributed by atoms with Crippen molar-refractivity contribution in [3.05, 3.63) is 16.9 Å². The Kier molecular flexibility index (Phi) is 5.49. The highest BCUT2D eigenvalue weighted by Gasteiger charge is 2.16. The van der Waals surface area contributed by atoms with Crippen LogP contribution in [0.5, 0.6) is 0 Å². The Morgan fingerprint density at radius 2 is 2.25 bits per heavy atom. The van der Waals surface area contributed by atoms with Crippen LogP contribution in [0.2, 0.25) is 5.02 Å². The molecule has 5 heteroatoms. The van der Waals surface area contributed by atoms with Crippen molar-refractivity contribution in [3.63, 3.8) is 0 Å². The summed E-state index contributed by atoms with van der Waals surface area (Å²) < 4.78 is 6.85. The Labute approximate surface area is 101 Å². The molecule has 0 spiro atoms. The molecule has 0 atom stereocenters. The predicted octanol–water partition coefficient (Wildman–Crippen LogP) is 2.56. The topological polar surface area (TPSA) is 44.1 Å². The van der Waals surface area contributed by atoms with Gasteiger partial charge < -0.3 is 4.74 Å². The first kappa shape index (κ1) is 13.2. The maximum atomic E-state index is 11.8. The van der Waals surface area contributed by atoms with Crippen molar-refractivity contribution in [2.45, 2.75) is 33.2 Å². The number of aryl methyl sites for hydroxylation is 1. The molecule has 0 unspecified atom stereocenters. The number of halogens is 1. The minimum atomic E-state index is -0.107. The van der Waals surface area contributed by atoms with Crippen molar-refractivity contribution in [1.82, 2.24) is 9.78 Å². The third-order valence-electron chi connectivity index (χ3n) is 2.08. The lowest BCUT2D eigenvalue weighted by atomic mass is 10.3. The summed E-state index contributed by atoms with van der Waals surface area (Å²) in [4.78, 5) is 11.8. The summed E-state index contributed by atoms with van der Waals surface area (Å²) in [5.41, 5.74) is 0.458. The first-order chi connectivity index (χ1) is 7.70. The van der Waals surface area contributed by atoms with Crippen LogP contribution in [-0.2, 0) is 11.3 Å². The van der Waals surface area contributed by atoms with Gasteiger partial charge in [0.15, 0.2) is 0 Å². The summed E-state index contributed by atoms with van der Waals surface area (Å²) in [6.07, 6.45) is 3.31. The average Bonchev–Trinajstić information content (AvgIpc) is 2.61. The fraction of sp³-hybridized carbons (Fsp3) is 0.636. The zero-order chi connectivity index (χ0) is 12.0. The molecule has 1 rings (SSSR count). The van der Waals surface area contributed by atoms with Gasteiger partial charge in [-0.3, -0.25) is 9.48 Å². The fourth-order valence-corrected chi connectivity index (χ4v) is 1.65. The van der Waals surface area contributed by atoms with Gasteiger partial charge in [-0.2, -0.15) is 5.10 Å². The molecule has 0 N–H and O–H groups in total. The molecular weight excluding hydrogens is 228 g/mol. The number of hydrogen-bond donors (Lipinski definition) is 0. The number of carbonyl (C=O) groups excluding carboxylic acids is 1. The largest absolute Gasteiger partial charge is 0.373 e. The molecule has 0 aliphatic carbocycles. The zero-order valence-electron chi connectivity index (χ0n) is 9.70. The predicted molar refractivity (Wildman–Crippen MR) is 63.0 cm³/mol. The third kappa shape index (κ3) is 3.32. The van der Waals surface area contributed by atoms with E-state index in [4.69, 9.17) is 16.3 Å². The summed E-state index contributed by atoms with van der Waals surface area (Å²) in [6, 6.07) is 0. The van der Waals surface area contributed by atoms with Crippen LogP contribution in [0.1, 0.15) is 37.2 Å². The monoisotopic (exact) mass is 244 g/mol. The van der Waals surface area contributed by atoms with Crippen LogP contribution in [0, 0.1) is 0 Å². The van der Waals surface area contributed by atoms with Crippen molar-refractivity contribution in [1.29, 1.82) is 0 Å². The van der Waals surface area contributed by atoms with Crippen LogP contribution in [-0.4, -0.2) is 28.8 Å². The molecule has 1 heterocycles. The molecular formula is C11H17ClN2O2. The average molecular weight is 245 g/mol. The van der Waals surface area contributed by atoms with Crippen molar-refractivity contribution >= 4 is 17.4 Å². The van der Waals surface area contributed by atoms with E-state index >= 15 is 0 Å². The summed E-state index contributed by atoms with van der Waals surface area (Å²) in [7, 11) is 0. The second-order valence-corrected chi connectivity index (χ2v) is 3.95. The van der Waals surface area contributed by atoms with E-state index in [0.29, 0.717) is 23.9 Å². The van der Waals surface area contributed by atoms with Gasteiger partial charge >= 0.3 is 0 Å². The van der Waals surface area contributed by atoms with Gasteiger partial charge in [0.2, 0.25) is 5.78 Å². The number of aromatic nitrogens is 2. The minimum absolute atomic E-state index is 0.0724. The molecule has 0 amide bonds. The normalized spacial score (nSPS) is 10.7. The second-order valence-electron chi connectivity index (χ2n) is 3.54. The highest BCUT2D eigenvalue weighted by atomic mass is 35.5. The standard InChI is InChI=1S/C11H17ClN2O2/c1-3-5-14-11(9(12)7-13-14)10(15)8-16-6-4-2/h7H,3-6,8H2,1-2H3. The quantitative estimate of drug-likeness (QED) is 0.547. The molecule has 0 fully saturated rings. The lowest BCUT2D eigenvalue weighted by Gasteiger charge is -2.06. The second kappa shape index (κ2) is 6.66. The zero-order valence-corrected chi connectivity index (χ0v) is 10.5. The van der Waals surface area contributed by atoms with Crippen LogP contribution in [0.15, 0.2) is 6.20 Å². The molecule has 0 saturated carbocycles. The first-order valence-electron chi connectivity index (χ1n) is 5.52. The van der Waals surface area contributed by atoms with E-state index in [9.17, 15) is 4.79 Å². The van der Waals surface area contributed by atoms with E-state index < -0.39 is 0 Å². The number of ether oxygens (including phenoxy) is 1. The van der Waals surface area contributed by atoms with Gasteiger partial charge in [-0.1, -0.05) is 25.4 Å². The van der Waals surface area contributed by atoms with Gasteiger partial charge in [-0.05, 0) is 12.8 Å². The first-order valence-corrected chi connectivity index (χ1v) is 5.90. The maximum Gasteiger partial charge on any atom is 0.207 e. The summed E-state index contributed by atoms with van der Waals surface area (Å²) in [6.45, 7) is 5.38. The summed E-state index contributed by atoms with van der Waals surface area (Å²) in [5.74, 6) is -0.107. The molecule has 90 valence electrons. The van der Waals surface area contributed by atoms with Gasteiger partial charge in [-0.15, -0.1) is 0 Å². The number of rotatable bonds is 7. The maximum absolute atomic E-state index is 11.8. The molecule has 0 aliphatic rings. The van der Waals surface area contributed by atoms with Crippen LogP contribution in [0.4, 0.5) is 0 Å². The summed E-state index contributed by atoms with van der Waals surface area (Å²) >= 11 is 5.93. The Balaban J connectivity index is 2.69. The Hall–Kier alpha value is -0.870. The number of hydrogen-bond acceptors (Lipinski definition) is 3. The van der Waals surface area contributed by atoms with Gasteiger partial charge in [0.1, 0.15) is 12.3 Å². The SMILES string of the molecule is CCCOCC(=O)c1c(Cl)cnn1CCC. The van der Waals surface area contributed by atoms with E-state index in [0.717, 1.165) is 12.8 Å². The van der Waals surface area contributed by atoms with Crippen molar-refractivity contribution < 1.29 is 9.53 Å². The third-order valence-corrected chi connectivity index (χ3v) is 2.35. The molecule has 0 bridgehead atoms. The highest BCUT2D eigenvalue weighted by Crippen LogP contribution is 2.16. The van der Waals surface area contributed by atoms with Gasteiger partial charge in [0.25, 0.3) is 0 Å². The molecule has 0 saturated heterocycles. The number of carbonyl (C=O) groups is 1. The van der Waals surface area contributed by atoms with Crippen molar-refractivity contribution in [2.24, 2.45) is 0 Å². The lowest BCUT2D eigenvalue weighted by Crippen LogP contribution is -2.16. The van der Waals surface area contributed by atoms with Crippen LogP contribution in [0.25, 0.3) is 0 Å². The van der Waals surface area contributed by atoms with Gasteiger partial charge in [0, 0.05) is 13.2 Å². The van der Waals surface area contributed by atoms with Gasteiger partial charge in [-0.25, -0.2) is 0 Å². The van der Waals surface area contributed by atoms with Crippen LogP contribution < -0.4 is 0 Å². The Bertz CT molecular complexity index is 350. The van der Waals surface area contributed by atoms with E-state index in [1.54, 1.807) is 4.68 Å². The van der Waals surface area contributed by atoms with E-state index in [1.165, 1.54) is 6.20 Å². The molecule has 4 nitrogen and oxygen atoms in total. The highest BCUT2D eigenvalue weighted by molar-refractivity contribution is 6.33. The summed E-state index contributed by atoms with van der Waals surface area (Å²) in [5, 5.41) is 4.46.